The summed E-state index contributed by atoms with van der Waals surface area (Å²) in [6.45, 7) is 4.51. The predicted octanol–water partition coefficient (Wildman–Crippen LogP) is 3.20. The molecule has 0 aliphatic carbocycles. The van der Waals surface area contributed by atoms with Crippen molar-refractivity contribution in [3.05, 3.63) is 59.7 Å². The molecule has 0 bridgehead atoms. The number of amides is 1. The van der Waals surface area contributed by atoms with Crippen LogP contribution in [0.1, 0.15) is 29.3 Å². The molecule has 0 unspecified atom stereocenters. The number of hydrogen-bond donors (Lipinski definition) is 0. The zero-order valence-corrected chi connectivity index (χ0v) is 16.5. The average Bonchev–Trinajstić information content (AvgIpc) is 2.68. The molecule has 0 aliphatic rings. The van der Waals surface area contributed by atoms with Gasteiger partial charge in [-0.05, 0) is 44.2 Å². The lowest BCUT2D eigenvalue weighted by molar-refractivity contribution is 0.0767. The van der Waals surface area contributed by atoms with Gasteiger partial charge in [-0.1, -0.05) is 23.8 Å². The van der Waals surface area contributed by atoms with Crippen molar-refractivity contribution in [2.24, 2.45) is 0 Å². The van der Waals surface area contributed by atoms with Crippen molar-refractivity contribution in [2.45, 2.75) is 25.2 Å². The van der Waals surface area contributed by atoms with Gasteiger partial charge in [-0.25, -0.2) is 8.42 Å². The highest BCUT2D eigenvalue weighted by atomic mass is 32.2. The van der Waals surface area contributed by atoms with Crippen LogP contribution in [0.3, 0.4) is 0 Å². The van der Waals surface area contributed by atoms with Crippen LogP contribution in [0.5, 0.6) is 0 Å². The molecule has 7 heteroatoms. The third-order valence-corrected chi connectivity index (χ3v) is 6.08. The zero-order chi connectivity index (χ0) is 20.0. The second kappa shape index (κ2) is 8.69. The van der Waals surface area contributed by atoms with Gasteiger partial charge >= 0.3 is 0 Å². The molecule has 142 valence electrons. The fraction of sp³-hybridized carbons (Fsp3) is 0.300. The first kappa shape index (κ1) is 20.5. The van der Waals surface area contributed by atoms with Gasteiger partial charge in [-0.2, -0.15) is 5.26 Å². The third-order valence-electron chi connectivity index (χ3n) is 4.30. The summed E-state index contributed by atoms with van der Waals surface area (Å²) >= 11 is 0. The molecule has 0 atom stereocenters. The number of nitriles is 1. The average molecular weight is 385 g/mol. The van der Waals surface area contributed by atoms with E-state index in [2.05, 4.69) is 0 Å². The molecule has 0 aromatic heterocycles. The summed E-state index contributed by atoms with van der Waals surface area (Å²) in [4.78, 5) is 14.2. The van der Waals surface area contributed by atoms with E-state index in [-0.39, 0.29) is 22.8 Å². The number of carbonyl (C=O) groups excluding carboxylic acids is 1. The lowest BCUT2D eigenvalue weighted by Crippen LogP contribution is -2.32. The van der Waals surface area contributed by atoms with E-state index in [0.717, 1.165) is 5.56 Å². The van der Waals surface area contributed by atoms with Crippen LogP contribution >= 0.6 is 0 Å². The van der Waals surface area contributed by atoms with Gasteiger partial charge in [0, 0.05) is 25.7 Å². The number of carbonyl (C=O) groups is 1. The first-order valence-corrected chi connectivity index (χ1v) is 10.1. The predicted molar refractivity (Wildman–Crippen MR) is 105 cm³/mol. The molecular formula is C20H23N3O3S. The van der Waals surface area contributed by atoms with Crippen LogP contribution in [0.2, 0.25) is 0 Å². The number of anilines is 1. The van der Waals surface area contributed by atoms with Gasteiger partial charge in [0.2, 0.25) is 0 Å². The van der Waals surface area contributed by atoms with Gasteiger partial charge in [0.1, 0.15) is 0 Å². The molecule has 1 amide bonds. The summed E-state index contributed by atoms with van der Waals surface area (Å²) in [5.41, 5.74) is 1.86. The van der Waals surface area contributed by atoms with Crippen molar-refractivity contribution < 1.29 is 13.2 Å². The molecule has 0 N–H and O–H groups in total. The Hall–Kier alpha value is -2.85. The number of rotatable bonds is 7. The minimum Gasteiger partial charge on any atom is -0.338 e. The monoisotopic (exact) mass is 385 g/mol. The zero-order valence-electron chi connectivity index (χ0n) is 15.7. The smallest absolute Gasteiger partial charge is 0.264 e. The van der Waals surface area contributed by atoms with Gasteiger partial charge in [-0.15, -0.1) is 0 Å². The second-order valence-corrected chi connectivity index (χ2v) is 8.10. The fourth-order valence-corrected chi connectivity index (χ4v) is 3.85. The molecule has 0 heterocycles. The molecule has 0 saturated carbocycles. The van der Waals surface area contributed by atoms with E-state index >= 15 is 0 Å². The second-order valence-electron chi connectivity index (χ2n) is 6.13. The van der Waals surface area contributed by atoms with Crippen molar-refractivity contribution in [3.8, 4) is 6.07 Å². The van der Waals surface area contributed by atoms with Gasteiger partial charge in [0.25, 0.3) is 15.9 Å². The summed E-state index contributed by atoms with van der Waals surface area (Å²) < 4.78 is 27.1. The molecule has 0 aliphatic heterocycles. The van der Waals surface area contributed by atoms with Crippen molar-refractivity contribution in [1.29, 1.82) is 5.26 Å². The minimum absolute atomic E-state index is 0.0489. The lowest BCUT2D eigenvalue weighted by Gasteiger charge is -2.22. The molecule has 0 spiro atoms. The van der Waals surface area contributed by atoms with Crippen LogP contribution in [-0.2, 0) is 10.0 Å². The lowest BCUT2D eigenvalue weighted by atomic mass is 10.2. The van der Waals surface area contributed by atoms with Crippen molar-refractivity contribution in [2.75, 3.05) is 24.4 Å². The molecule has 27 heavy (non-hydrogen) atoms. The van der Waals surface area contributed by atoms with E-state index in [1.807, 2.05) is 32.0 Å². The SMILES string of the molecule is CCN(CCC#N)C(=O)c1cccc(S(=O)(=O)N(C)c2ccc(C)cc2)c1. The van der Waals surface area contributed by atoms with Crippen molar-refractivity contribution >= 4 is 21.6 Å². The van der Waals surface area contributed by atoms with E-state index in [9.17, 15) is 13.2 Å². The Morgan fingerprint density at radius 2 is 1.81 bits per heavy atom. The molecule has 6 nitrogen and oxygen atoms in total. The van der Waals surface area contributed by atoms with E-state index in [1.165, 1.54) is 28.4 Å². The highest BCUT2D eigenvalue weighted by Crippen LogP contribution is 2.23. The number of sulfonamides is 1. The van der Waals surface area contributed by atoms with Gasteiger partial charge in [0.05, 0.1) is 23.1 Å². The highest BCUT2D eigenvalue weighted by Gasteiger charge is 2.23. The number of nitrogens with zero attached hydrogens (tertiary/aromatic N) is 3. The molecule has 2 rings (SSSR count). The maximum absolute atomic E-state index is 13.0. The quantitative estimate of drug-likeness (QED) is 0.733. The van der Waals surface area contributed by atoms with Crippen LogP contribution in [0.25, 0.3) is 0 Å². The highest BCUT2D eigenvalue weighted by molar-refractivity contribution is 7.92. The van der Waals surface area contributed by atoms with Crippen molar-refractivity contribution in [3.63, 3.8) is 0 Å². The number of hydrogen-bond acceptors (Lipinski definition) is 4. The summed E-state index contributed by atoms with van der Waals surface area (Å²) in [7, 11) is -2.31. The van der Waals surface area contributed by atoms with Crippen molar-refractivity contribution in [1.82, 2.24) is 4.90 Å². The fourth-order valence-electron chi connectivity index (χ4n) is 2.61. The Balaban J connectivity index is 2.33. The standard InChI is InChI=1S/C20H23N3O3S/c1-4-23(14-6-13-21)20(24)17-7-5-8-19(15-17)27(25,26)22(3)18-11-9-16(2)10-12-18/h5,7-12,15H,4,6,14H2,1-3H3. The molecule has 2 aromatic rings. The molecule has 2 aromatic carbocycles. The van der Waals surface area contributed by atoms with E-state index < -0.39 is 10.0 Å². The van der Waals surface area contributed by atoms with E-state index in [1.54, 1.807) is 24.3 Å². The number of aryl methyl sites for hydroxylation is 1. The largest absolute Gasteiger partial charge is 0.338 e. The summed E-state index contributed by atoms with van der Waals surface area (Å²) in [6.07, 6.45) is 0.230. The summed E-state index contributed by atoms with van der Waals surface area (Å²) in [6, 6.07) is 15.2. The Kier molecular flexibility index (Phi) is 6.59. The van der Waals surface area contributed by atoms with Crippen LogP contribution in [-0.4, -0.2) is 39.4 Å². The van der Waals surface area contributed by atoms with Gasteiger partial charge in [0.15, 0.2) is 0 Å². The van der Waals surface area contributed by atoms with E-state index in [0.29, 0.717) is 18.8 Å². The minimum atomic E-state index is -3.80. The topological polar surface area (TPSA) is 81.5 Å². The van der Waals surface area contributed by atoms with Crippen LogP contribution in [0.4, 0.5) is 5.69 Å². The summed E-state index contributed by atoms with van der Waals surface area (Å²) in [5, 5.41) is 8.73. The van der Waals surface area contributed by atoms with Crippen LogP contribution in [0, 0.1) is 18.3 Å². The normalized spacial score (nSPS) is 10.9. The summed E-state index contributed by atoms with van der Waals surface area (Å²) in [5.74, 6) is -0.289. The Bertz CT molecular complexity index is 947. The van der Waals surface area contributed by atoms with E-state index in [4.69, 9.17) is 5.26 Å². The molecular weight excluding hydrogens is 362 g/mol. The maximum atomic E-state index is 13.0. The molecule has 0 fully saturated rings. The van der Waals surface area contributed by atoms with Crippen LogP contribution in [0.15, 0.2) is 53.4 Å². The van der Waals surface area contributed by atoms with Gasteiger partial charge < -0.3 is 4.90 Å². The Labute approximate surface area is 160 Å². The third kappa shape index (κ3) is 4.66. The molecule has 0 radical (unpaired) electrons. The first-order valence-electron chi connectivity index (χ1n) is 8.63. The molecule has 0 saturated heterocycles. The maximum Gasteiger partial charge on any atom is 0.264 e. The number of benzene rings is 2. The Morgan fingerprint density at radius 1 is 1.15 bits per heavy atom. The first-order chi connectivity index (χ1) is 12.8. The van der Waals surface area contributed by atoms with Crippen LogP contribution < -0.4 is 4.31 Å². The van der Waals surface area contributed by atoms with Gasteiger partial charge in [-0.3, -0.25) is 9.10 Å². The Morgan fingerprint density at radius 3 is 2.41 bits per heavy atom.